The Morgan fingerprint density at radius 3 is 1.77 bits per heavy atom. The molecule has 0 saturated heterocycles. The third-order valence-electron chi connectivity index (χ3n) is 3.82. The van der Waals surface area contributed by atoms with Gasteiger partial charge in [0.2, 0.25) is 5.91 Å². The Hall–Kier alpha value is -0.0600. The molecule has 0 aliphatic rings. The molecule has 5 heteroatoms. The first-order valence-electron chi connectivity index (χ1n) is 8.61. The largest absolute Gasteiger partial charge is 0.481 e. The second-order valence-corrected chi connectivity index (χ2v) is 5.70. The first-order chi connectivity index (χ1) is 10.1. The van der Waals surface area contributed by atoms with E-state index in [9.17, 15) is 9.59 Å². The molecule has 0 aromatic heterocycles. The predicted molar refractivity (Wildman–Crippen MR) is 92.1 cm³/mol. The fourth-order valence-corrected chi connectivity index (χ4v) is 2.43. The van der Waals surface area contributed by atoms with E-state index in [4.69, 9.17) is 5.11 Å². The minimum absolute atomic E-state index is 0. The summed E-state index contributed by atoms with van der Waals surface area (Å²) in [4.78, 5) is 24.1. The molecule has 0 aliphatic carbocycles. The fraction of sp³-hybridized carbons (Fsp3) is 0.882. The van der Waals surface area contributed by atoms with Gasteiger partial charge in [0.15, 0.2) is 0 Å². The van der Waals surface area contributed by atoms with Crippen LogP contribution in [0, 0.1) is 0 Å². The van der Waals surface area contributed by atoms with Crippen LogP contribution in [0.15, 0.2) is 0 Å². The Morgan fingerprint density at radius 2 is 1.32 bits per heavy atom. The number of unbranched alkanes of at least 4 members (excludes halogenated alkanes) is 8. The van der Waals surface area contributed by atoms with Crippen molar-refractivity contribution in [3.63, 3.8) is 0 Å². The summed E-state index contributed by atoms with van der Waals surface area (Å²) in [5, 5.41) is 8.65. The van der Waals surface area contributed by atoms with E-state index in [1.807, 2.05) is 6.92 Å². The van der Waals surface area contributed by atoms with E-state index in [1.165, 1.54) is 44.9 Å². The van der Waals surface area contributed by atoms with E-state index in [2.05, 4.69) is 6.92 Å². The maximum Gasteiger partial charge on any atom is 0.305 e. The Balaban J connectivity index is 0. The van der Waals surface area contributed by atoms with Gasteiger partial charge in [0, 0.05) is 49.1 Å². The van der Waals surface area contributed by atoms with Crippen molar-refractivity contribution in [1.82, 2.24) is 4.90 Å². The smallest absolute Gasteiger partial charge is 0.305 e. The van der Waals surface area contributed by atoms with Crippen LogP contribution in [-0.4, -0.2) is 64.5 Å². The summed E-state index contributed by atoms with van der Waals surface area (Å²) in [6.45, 7) is 5.06. The van der Waals surface area contributed by atoms with Crippen LogP contribution in [0.2, 0.25) is 0 Å². The molecule has 0 heterocycles. The van der Waals surface area contributed by atoms with Gasteiger partial charge in [0.05, 0.1) is 6.42 Å². The van der Waals surface area contributed by atoms with Gasteiger partial charge in [0.1, 0.15) is 0 Å². The molecule has 0 unspecified atom stereocenters. The second-order valence-electron chi connectivity index (χ2n) is 5.70. The summed E-state index contributed by atoms with van der Waals surface area (Å²) in [5.74, 6) is -0.744. The van der Waals surface area contributed by atoms with Crippen molar-refractivity contribution in [2.45, 2.75) is 84.5 Å². The molecular formula is C17H33NNaO3. The number of hydrogen-bond acceptors (Lipinski definition) is 2. The molecule has 1 amide bonds. The van der Waals surface area contributed by atoms with E-state index in [0.29, 0.717) is 19.5 Å². The van der Waals surface area contributed by atoms with Crippen LogP contribution in [0.25, 0.3) is 0 Å². The number of hydrogen-bond donors (Lipinski definition) is 1. The molecule has 0 bridgehead atoms. The zero-order valence-electron chi connectivity index (χ0n) is 14.9. The van der Waals surface area contributed by atoms with Crippen molar-refractivity contribution < 1.29 is 14.7 Å². The first kappa shape index (κ1) is 24.2. The van der Waals surface area contributed by atoms with Crippen LogP contribution in [-0.2, 0) is 9.59 Å². The number of carboxylic acid groups (broad SMARTS) is 1. The molecule has 0 atom stereocenters. The number of rotatable bonds is 14. The Bertz CT molecular complexity index is 285. The second kappa shape index (κ2) is 17.3. The predicted octanol–water partition coefficient (Wildman–Crippen LogP) is 3.85. The number of carboxylic acids is 1. The van der Waals surface area contributed by atoms with Crippen LogP contribution in [0.5, 0.6) is 0 Å². The minimum atomic E-state index is -0.843. The van der Waals surface area contributed by atoms with Gasteiger partial charge >= 0.3 is 5.97 Å². The van der Waals surface area contributed by atoms with Gasteiger partial charge in [0.25, 0.3) is 0 Å². The van der Waals surface area contributed by atoms with E-state index >= 15 is 0 Å². The molecule has 4 nitrogen and oxygen atoms in total. The molecule has 0 aromatic rings. The van der Waals surface area contributed by atoms with E-state index in [-0.39, 0.29) is 41.9 Å². The maximum atomic E-state index is 11.9. The summed E-state index contributed by atoms with van der Waals surface area (Å²) in [6.07, 6.45) is 11.8. The molecule has 0 fully saturated rings. The Morgan fingerprint density at radius 1 is 0.818 bits per heavy atom. The van der Waals surface area contributed by atoms with Crippen molar-refractivity contribution in [3.05, 3.63) is 0 Å². The van der Waals surface area contributed by atoms with Gasteiger partial charge in [-0.15, -0.1) is 0 Å². The van der Waals surface area contributed by atoms with Gasteiger partial charge in [-0.1, -0.05) is 58.3 Å². The topological polar surface area (TPSA) is 57.6 Å². The summed E-state index contributed by atoms with van der Waals surface area (Å²) < 4.78 is 0. The van der Waals surface area contributed by atoms with Crippen molar-refractivity contribution in [2.75, 3.05) is 13.1 Å². The molecule has 0 aliphatic heterocycles. The number of aliphatic carboxylic acids is 1. The van der Waals surface area contributed by atoms with Gasteiger partial charge < -0.3 is 10.0 Å². The monoisotopic (exact) mass is 322 g/mol. The maximum absolute atomic E-state index is 11.9. The normalized spacial score (nSPS) is 10.1. The molecule has 0 spiro atoms. The minimum Gasteiger partial charge on any atom is -0.481 e. The Labute approximate surface area is 158 Å². The molecular weight excluding hydrogens is 289 g/mol. The SMILES string of the molecule is CCCCCCCCCCCC(=O)N(CC)CCC(=O)O.[Na]. The van der Waals surface area contributed by atoms with Gasteiger partial charge in [-0.25, -0.2) is 0 Å². The number of carbonyl (C=O) groups is 2. The molecule has 1 N–H and O–H groups in total. The zero-order valence-corrected chi connectivity index (χ0v) is 16.9. The first-order valence-corrected chi connectivity index (χ1v) is 8.61. The van der Waals surface area contributed by atoms with Crippen LogP contribution in [0.1, 0.15) is 84.5 Å². The molecule has 22 heavy (non-hydrogen) atoms. The summed E-state index contributed by atoms with van der Waals surface area (Å²) in [5.41, 5.74) is 0. The van der Waals surface area contributed by atoms with Gasteiger partial charge in [-0.05, 0) is 13.3 Å². The van der Waals surface area contributed by atoms with Crippen molar-refractivity contribution >= 4 is 41.4 Å². The number of amides is 1. The third-order valence-corrected chi connectivity index (χ3v) is 3.82. The average molecular weight is 322 g/mol. The summed E-state index contributed by atoms with van der Waals surface area (Å²) >= 11 is 0. The summed E-state index contributed by atoms with van der Waals surface area (Å²) in [6, 6.07) is 0. The molecule has 0 aromatic carbocycles. The van der Waals surface area contributed by atoms with Gasteiger partial charge in [-0.2, -0.15) is 0 Å². The molecule has 125 valence electrons. The number of carbonyl (C=O) groups excluding carboxylic acids is 1. The third kappa shape index (κ3) is 14.9. The van der Waals surface area contributed by atoms with E-state index in [0.717, 1.165) is 12.8 Å². The standard InChI is InChI=1S/C17H33NO3.Na/c1-3-5-6-7-8-9-10-11-12-13-16(19)18(4-2)15-14-17(20)21;/h3-15H2,1-2H3,(H,20,21);. The average Bonchev–Trinajstić information content (AvgIpc) is 2.46. The number of nitrogens with zero attached hydrogens (tertiary/aromatic N) is 1. The Kier molecular flexibility index (Phi) is 19.0. The quantitative estimate of drug-likeness (QED) is 0.390. The van der Waals surface area contributed by atoms with E-state index in [1.54, 1.807) is 4.90 Å². The van der Waals surface area contributed by atoms with Crippen LogP contribution in [0.3, 0.4) is 0 Å². The van der Waals surface area contributed by atoms with Crippen molar-refractivity contribution in [3.8, 4) is 0 Å². The van der Waals surface area contributed by atoms with Crippen molar-refractivity contribution in [1.29, 1.82) is 0 Å². The van der Waals surface area contributed by atoms with E-state index < -0.39 is 5.97 Å². The molecule has 1 radical (unpaired) electrons. The fourth-order valence-electron chi connectivity index (χ4n) is 2.43. The van der Waals surface area contributed by atoms with Crippen LogP contribution >= 0.6 is 0 Å². The summed E-state index contributed by atoms with van der Waals surface area (Å²) in [7, 11) is 0. The molecule has 0 saturated carbocycles. The zero-order chi connectivity index (χ0) is 15.9. The molecule has 0 rings (SSSR count). The van der Waals surface area contributed by atoms with Crippen LogP contribution < -0.4 is 0 Å². The van der Waals surface area contributed by atoms with Gasteiger partial charge in [-0.3, -0.25) is 9.59 Å². The van der Waals surface area contributed by atoms with Crippen molar-refractivity contribution in [2.24, 2.45) is 0 Å². The van der Waals surface area contributed by atoms with Crippen LogP contribution in [0.4, 0.5) is 0 Å².